The summed E-state index contributed by atoms with van der Waals surface area (Å²) in [6.07, 6.45) is -0.0569. The lowest BCUT2D eigenvalue weighted by Gasteiger charge is -2.10. The molecule has 0 bridgehead atoms. The first-order chi connectivity index (χ1) is 9.03. The molecule has 0 saturated carbocycles. The first-order valence-corrected chi connectivity index (χ1v) is 6.71. The fraction of sp³-hybridized carbons (Fsp3) is 0.417. The number of ether oxygens (including phenoxy) is 2. The molecule has 0 amide bonds. The maximum atomic E-state index is 11.5. The first kappa shape index (κ1) is 15.4. The molecule has 0 unspecified atom stereocenters. The molecule has 7 heteroatoms. The summed E-state index contributed by atoms with van der Waals surface area (Å²) in [4.78, 5) is 22.0. The van der Waals surface area contributed by atoms with Crippen molar-refractivity contribution >= 4 is 27.6 Å². The van der Waals surface area contributed by atoms with E-state index in [1.165, 1.54) is 13.2 Å². The Balaban J connectivity index is 3.23. The summed E-state index contributed by atoms with van der Waals surface area (Å²) in [6, 6.07) is 3.11. The van der Waals surface area contributed by atoms with Crippen molar-refractivity contribution in [1.29, 1.82) is 0 Å². The summed E-state index contributed by atoms with van der Waals surface area (Å²) in [5, 5.41) is 11.5. The number of nitro groups is 1. The Hall–Kier alpha value is -1.63. The standard InChI is InChI=1S/C12H14BrNO5/c1-3-19-11(15)6-9-4-8(7-13)5-10(14(16)17)12(9)18-2/h4-5H,3,6-7H2,1-2H3. The van der Waals surface area contributed by atoms with Crippen LogP contribution < -0.4 is 4.74 Å². The number of nitro benzene ring substituents is 1. The van der Waals surface area contributed by atoms with Crippen molar-refractivity contribution in [3.05, 3.63) is 33.4 Å². The molecule has 1 aromatic rings. The molecule has 6 nitrogen and oxygen atoms in total. The van der Waals surface area contributed by atoms with Crippen molar-refractivity contribution in [2.24, 2.45) is 0 Å². The Bertz CT molecular complexity index is 489. The van der Waals surface area contributed by atoms with Gasteiger partial charge in [0.05, 0.1) is 25.1 Å². The number of halogens is 1. The number of carbonyl (C=O) groups is 1. The van der Waals surface area contributed by atoms with Gasteiger partial charge in [0, 0.05) is 17.0 Å². The molecule has 0 saturated heterocycles. The van der Waals surface area contributed by atoms with Crippen LogP contribution in [0.25, 0.3) is 0 Å². The van der Waals surface area contributed by atoms with Crippen LogP contribution in [-0.4, -0.2) is 24.6 Å². The number of methoxy groups -OCH3 is 1. The van der Waals surface area contributed by atoms with Crippen LogP contribution in [0.15, 0.2) is 12.1 Å². The Kier molecular flexibility index (Phi) is 5.75. The van der Waals surface area contributed by atoms with Crippen molar-refractivity contribution in [3.8, 4) is 5.75 Å². The highest BCUT2D eigenvalue weighted by Crippen LogP contribution is 2.33. The van der Waals surface area contributed by atoms with Gasteiger partial charge in [-0.2, -0.15) is 0 Å². The number of alkyl halides is 1. The average molecular weight is 332 g/mol. The van der Waals surface area contributed by atoms with Crippen LogP contribution >= 0.6 is 15.9 Å². The van der Waals surface area contributed by atoms with Crippen LogP contribution in [0.5, 0.6) is 5.75 Å². The molecule has 19 heavy (non-hydrogen) atoms. The number of benzene rings is 1. The monoisotopic (exact) mass is 331 g/mol. The van der Waals surface area contributed by atoms with Crippen molar-refractivity contribution in [1.82, 2.24) is 0 Å². The van der Waals surface area contributed by atoms with E-state index in [0.717, 1.165) is 0 Å². The Morgan fingerprint density at radius 2 is 2.16 bits per heavy atom. The minimum absolute atomic E-state index is 0.0569. The van der Waals surface area contributed by atoms with E-state index in [-0.39, 0.29) is 24.5 Å². The Morgan fingerprint density at radius 3 is 2.63 bits per heavy atom. The van der Waals surface area contributed by atoms with Gasteiger partial charge in [-0.1, -0.05) is 22.0 Å². The summed E-state index contributed by atoms with van der Waals surface area (Å²) in [6.45, 7) is 1.97. The van der Waals surface area contributed by atoms with E-state index in [2.05, 4.69) is 15.9 Å². The molecule has 0 aliphatic heterocycles. The maximum Gasteiger partial charge on any atom is 0.311 e. The zero-order valence-electron chi connectivity index (χ0n) is 10.6. The minimum atomic E-state index is -0.528. The van der Waals surface area contributed by atoms with Gasteiger partial charge in [-0.3, -0.25) is 14.9 Å². The molecule has 104 valence electrons. The van der Waals surface area contributed by atoms with E-state index in [0.29, 0.717) is 16.5 Å². The molecular weight excluding hydrogens is 318 g/mol. The molecule has 0 heterocycles. The second-order valence-electron chi connectivity index (χ2n) is 3.68. The fourth-order valence-corrected chi connectivity index (χ4v) is 2.01. The van der Waals surface area contributed by atoms with E-state index in [1.54, 1.807) is 13.0 Å². The molecule has 0 aromatic heterocycles. The fourth-order valence-electron chi connectivity index (χ4n) is 1.68. The normalized spacial score (nSPS) is 10.1. The van der Waals surface area contributed by atoms with Gasteiger partial charge in [-0.05, 0) is 12.5 Å². The van der Waals surface area contributed by atoms with E-state index in [9.17, 15) is 14.9 Å². The number of hydrogen-bond donors (Lipinski definition) is 0. The average Bonchev–Trinajstić information content (AvgIpc) is 2.37. The topological polar surface area (TPSA) is 78.7 Å². The van der Waals surface area contributed by atoms with Gasteiger partial charge in [0.15, 0.2) is 0 Å². The summed E-state index contributed by atoms with van der Waals surface area (Å²) in [5.41, 5.74) is 0.996. The highest BCUT2D eigenvalue weighted by atomic mass is 79.9. The van der Waals surface area contributed by atoms with Crippen molar-refractivity contribution < 1.29 is 19.2 Å². The van der Waals surface area contributed by atoms with Crippen molar-refractivity contribution in [3.63, 3.8) is 0 Å². The quantitative estimate of drug-likeness (QED) is 0.346. The van der Waals surface area contributed by atoms with E-state index in [1.807, 2.05) is 0 Å². The van der Waals surface area contributed by atoms with Gasteiger partial charge >= 0.3 is 11.7 Å². The summed E-state index contributed by atoms with van der Waals surface area (Å²) in [5.74, 6) is -0.343. The second kappa shape index (κ2) is 7.08. The van der Waals surface area contributed by atoms with Crippen molar-refractivity contribution in [2.45, 2.75) is 18.7 Å². The van der Waals surface area contributed by atoms with Gasteiger partial charge < -0.3 is 9.47 Å². The zero-order chi connectivity index (χ0) is 14.4. The highest BCUT2D eigenvalue weighted by Gasteiger charge is 2.22. The molecule has 0 aliphatic rings. The van der Waals surface area contributed by atoms with Gasteiger partial charge in [0.1, 0.15) is 0 Å². The molecular formula is C12H14BrNO5. The second-order valence-corrected chi connectivity index (χ2v) is 4.24. The predicted octanol–water partition coefficient (Wildman–Crippen LogP) is 2.60. The third-order valence-corrected chi connectivity index (χ3v) is 3.05. The number of nitrogens with zero attached hydrogens (tertiary/aromatic N) is 1. The minimum Gasteiger partial charge on any atom is -0.490 e. The van der Waals surface area contributed by atoms with Gasteiger partial charge in [-0.25, -0.2) is 0 Å². The summed E-state index contributed by atoms with van der Waals surface area (Å²) < 4.78 is 9.89. The summed E-state index contributed by atoms with van der Waals surface area (Å²) >= 11 is 3.24. The van der Waals surface area contributed by atoms with Crippen LogP contribution in [0, 0.1) is 10.1 Å². The maximum absolute atomic E-state index is 11.5. The molecule has 0 spiro atoms. The molecule has 1 aromatic carbocycles. The number of carbonyl (C=O) groups excluding carboxylic acids is 1. The van der Waals surface area contributed by atoms with Gasteiger partial charge in [0.25, 0.3) is 0 Å². The van der Waals surface area contributed by atoms with Crippen LogP contribution in [0.4, 0.5) is 5.69 Å². The van der Waals surface area contributed by atoms with Crippen molar-refractivity contribution in [2.75, 3.05) is 13.7 Å². The molecule has 0 N–H and O–H groups in total. The zero-order valence-corrected chi connectivity index (χ0v) is 12.2. The van der Waals surface area contributed by atoms with Crippen LogP contribution in [0.1, 0.15) is 18.1 Å². The van der Waals surface area contributed by atoms with Crippen LogP contribution in [-0.2, 0) is 21.3 Å². The first-order valence-electron chi connectivity index (χ1n) is 5.59. The van der Waals surface area contributed by atoms with E-state index >= 15 is 0 Å². The lowest BCUT2D eigenvalue weighted by atomic mass is 10.1. The molecule has 0 radical (unpaired) electrons. The largest absolute Gasteiger partial charge is 0.490 e. The lowest BCUT2D eigenvalue weighted by molar-refractivity contribution is -0.385. The smallest absolute Gasteiger partial charge is 0.311 e. The Morgan fingerprint density at radius 1 is 1.47 bits per heavy atom. The molecule has 0 fully saturated rings. The van der Waals surface area contributed by atoms with E-state index in [4.69, 9.17) is 9.47 Å². The Labute approximate surface area is 119 Å². The number of hydrogen-bond acceptors (Lipinski definition) is 5. The SMILES string of the molecule is CCOC(=O)Cc1cc(CBr)cc([N+](=O)[O-])c1OC. The van der Waals surface area contributed by atoms with Crippen LogP contribution in [0.3, 0.4) is 0 Å². The number of esters is 1. The third kappa shape index (κ3) is 3.92. The van der Waals surface area contributed by atoms with Crippen LogP contribution in [0.2, 0.25) is 0 Å². The third-order valence-electron chi connectivity index (χ3n) is 2.40. The predicted molar refractivity (Wildman–Crippen MR) is 72.6 cm³/mol. The molecule has 0 atom stereocenters. The lowest BCUT2D eigenvalue weighted by Crippen LogP contribution is -2.10. The molecule has 0 aliphatic carbocycles. The van der Waals surface area contributed by atoms with E-state index < -0.39 is 10.9 Å². The summed E-state index contributed by atoms with van der Waals surface area (Å²) in [7, 11) is 1.34. The van der Waals surface area contributed by atoms with Gasteiger partial charge in [-0.15, -0.1) is 0 Å². The highest BCUT2D eigenvalue weighted by molar-refractivity contribution is 9.08. The molecule has 1 rings (SSSR count). The number of rotatable bonds is 6. The van der Waals surface area contributed by atoms with Gasteiger partial charge in [0.2, 0.25) is 5.75 Å².